The maximum Gasteiger partial charge on any atom is 0.292 e. The number of furan rings is 1. The summed E-state index contributed by atoms with van der Waals surface area (Å²) in [5.74, 6) is 1.48. The molecule has 1 amide bonds. The van der Waals surface area contributed by atoms with Crippen LogP contribution < -0.4 is 10.1 Å². The third-order valence-electron chi connectivity index (χ3n) is 4.84. The Morgan fingerprint density at radius 1 is 1.16 bits per heavy atom. The summed E-state index contributed by atoms with van der Waals surface area (Å²) in [6.45, 7) is 2.82. The first-order chi connectivity index (χ1) is 15.5. The summed E-state index contributed by atoms with van der Waals surface area (Å²) >= 11 is 9.66. The minimum absolute atomic E-state index is 0.178. The molecular formula is C24H21BrClN3O3. The molecule has 0 aliphatic carbocycles. The van der Waals surface area contributed by atoms with Crippen LogP contribution in [-0.2, 0) is 19.6 Å². The number of carbonyl (C=O) groups excluding carboxylic acids is 1. The zero-order valence-electron chi connectivity index (χ0n) is 17.3. The maximum absolute atomic E-state index is 12.6. The Bertz CT molecular complexity index is 1220. The normalized spacial score (nSPS) is 10.8. The van der Waals surface area contributed by atoms with E-state index in [9.17, 15) is 4.79 Å². The largest absolute Gasteiger partial charge is 0.486 e. The number of carbonyl (C=O) groups is 1. The topological polar surface area (TPSA) is 69.3 Å². The molecule has 2 aromatic carbocycles. The van der Waals surface area contributed by atoms with Crippen molar-refractivity contribution in [2.45, 2.75) is 26.5 Å². The molecule has 0 aliphatic heterocycles. The molecule has 2 heterocycles. The Labute approximate surface area is 199 Å². The summed E-state index contributed by atoms with van der Waals surface area (Å²) in [6, 6.07) is 18.8. The van der Waals surface area contributed by atoms with Crippen molar-refractivity contribution >= 4 is 39.3 Å². The quantitative estimate of drug-likeness (QED) is 0.298. The SMILES string of the molecule is CCc1ccc(OCc2ccc(C(=O)Nc3nn(Cc4ccccc4Cl)cc3Br)o2)cc1. The lowest BCUT2D eigenvalue weighted by atomic mass is 10.2. The molecule has 1 N–H and O–H groups in total. The Hall–Kier alpha value is -3.03. The molecular weight excluding hydrogens is 494 g/mol. The van der Waals surface area contributed by atoms with Crippen LogP contribution >= 0.6 is 27.5 Å². The molecule has 0 atom stereocenters. The van der Waals surface area contributed by atoms with Crippen LogP contribution in [0.5, 0.6) is 5.75 Å². The van der Waals surface area contributed by atoms with Crippen LogP contribution in [0.4, 0.5) is 5.82 Å². The summed E-state index contributed by atoms with van der Waals surface area (Å²) < 4.78 is 13.7. The summed E-state index contributed by atoms with van der Waals surface area (Å²) in [5, 5.41) is 7.85. The molecule has 8 heteroatoms. The second kappa shape index (κ2) is 10.1. The van der Waals surface area contributed by atoms with Crippen molar-refractivity contribution in [3.63, 3.8) is 0 Å². The summed E-state index contributed by atoms with van der Waals surface area (Å²) in [4.78, 5) is 12.6. The number of anilines is 1. The number of halogens is 2. The van der Waals surface area contributed by atoms with Crippen molar-refractivity contribution in [2.75, 3.05) is 5.32 Å². The van der Waals surface area contributed by atoms with Crippen LogP contribution in [0.3, 0.4) is 0 Å². The highest BCUT2D eigenvalue weighted by atomic mass is 79.9. The van der Waals surface area contributed by atoms with Gasteiger partial charge < -0.3 is 14.5 Å². The fourth-order valence-corrected chi connectivity index (χ4v) is 3.70. The lowest BCUT2D eigenvalue weighted by molar-refractivity contribution is 0.0992. The van der Waals surface area contributed by atoms with Gasteiger partial charge in [-0.2, -0.15) is 5.10 Å². The van der Waals surface area contributed by atoms with E-state index in [2.05, 4.69) is 33.3 Å². The van der Waals surface area contributed by atoms with Crippen molar-refractivity contribution < 1.29 is 13.9 Å². The van der Waals surface area contributed by atoms with Crippen molar-refractivity contribution in [3.05, 3.63) is 99.0 Å². The minimum Gasteiger partial charge on any atom is -0.486 e. The molecule has 164 valence electrons. The number of rotatable bonds is 8. The van der Waals surface area contributed by atoms with Gasteiger partial charge in [0.25, 0.3) is 5.91 Å². The Kier molecular flexibility index (Phi) is 6.97. The molecule has 2 aromatic heterocycles. The van der Waals surface area contributed by atoms with E-state index < -0.39 is 5.91 Å². The van der Waals surface area contributed by atoms with Crippen LogP contribution in [0.15, 0.2) is 75.8 Å². The van der Waals surface area contributed by atoms with Gasteiger partial charge in [0.2, 0.25) is 0 Å². The van der Waals surface area contributed by atoms with Gasteiger partial charge in [0, 0.05) is 11.2 Å². The first-order valence-electron chi connectivity index (χ1n) is 10.1. The molecule has 0 bridgehead atoms. The van der Waals surface area contributed by atoms with Gasteiger partial charge in [-0.1, -0.05) is 48.9 Å². The lowest BCUT2D eigenvalue weighted by Crippen LogP contribution is -2.12. The minimum atomic E-state index is -0.396. The highest BCUT2D eigenvalue weighted by Gasteiger charge is 2.16. The van der Waals surface area contributed by atoms with E-state index in [-0.39, 0.29) is 12.4 Å². The summed E-state index contributed by atoms with van der Waals surface area (Å²) in [5.41, 5.74) is 2.18. The zero-order valence-corrected chi connectivity index (χ0v) is 19.7. The number of amides is 1. The summed E-state index contributed by atoms with van der Waals surface area (Å²) in [6.07, 6.45) is 2.76. The van der Waals surface area contributed by atoms with Crippen LogP contribution in [0.2, 0.25) is 5.02 Å². The molecule has 0 spiro atoms. The van der Waals surface area contributed by atoms with E-state index >= 15 is 0 Å². The molecule has 0 saturated heterocycles. The first-order valence-corrected chi connectivity index (χ1v) is 11.3. The number of aryl methyl sites for hydroxylation is 1. The highest BCUT2D eigenvalue weighted by molar-refractivity contribution is 9.10. The number of benzene rings is 2. The van der Waals surface area contributed by atoms with Crippen LogP contribution in [0, 0.1) is 0 Å². The predicted molar refractivity (Wildman–Crippen MR) is 127 cm³/mol. The van der Waals surface area contributed by atoms with E-state index in [4.69, 9.17) is 20.8 Å². The Balaban J connectivity index is 1.36. The van der Waals surface area contributed by atoms with Crippen LogP contribution in [0.25, 0.3) is 0 Å². The average Bonchev–Trinajstić information content (AvgIpc) is 3.41. The number of hydrogen-bond acceptors (Lipinski definition) is 4. The smallest absolute Gasteiger partial charge is 0.292 e. The van der Waals surface area contributed by atoms with Crippen molar-refractivity contribution in [2.24, 2.45) is 0 Å². The Morgan fingerprint density at radius 2 is 1.94 bits per heavy atom. The molecule has 4 aromatic rings. The fourth-order valence-electron chi connectivity index (χ4n) is 3.09. The standard InChI is InChI=1S/C24H21BrClN3O3/c1-2-16-7-9-18(10-8-16)31-15-19-11-12-22(32-19)24(30)27-23-20(25)14-29(28-23)13-17-5-3-4-6-21(17)26/h3-12,14H,2,13,15H2,1H3,(H,27,28,30). The van der Waals surface area contributed by atoms with Crippen LogP contribution in [-0.4, -0.2) is 15.7 Å². The third kappa shape index (κ3) is 5.41. The maximum atomic E-state index is 12.6. The van der Waals surface area contributed by atoms with Crippen molar-refractivity contribution in [1.29, 1.82) is 0 Å². The molecule has 0 unspecified atom stereocenters. The van der Waals surface area contributed by atoms with E-state index in [1.807, 2.05) is 48.5 Å². The highest BCUT2D eigenvalue weighted by Crippen LogP contribution is 2.24. The average molecular weight is 515 g/mol. The second-order valence-corrected chi connectivity index (χ2v) is 8.38. The first kappa shape index (κ1) is 22.2. The van der Waals surface area contributed by atoms with Gasteiger partial charge in [-0.25, -0.2) is 0 Å². The van der Waals surface area contributed by atoms with E-state index in [1.165, 1.54) is 5.56 Å². The van der Waals surface area contributed by atoms with Gasteiger partial charge in [0.05, 0.1) is 11.0 Å². The lowest BCUT2D eigenvalue weighted by Gasteiger charge is -2.05. The van der Waals surface area contributed by atoms with E-state index in [0.29, 0.717) is 27.6 Å². The zero-order chi connectivity index (χ0) is 22.5. The van der Waals surface area contributed by atoms with Gasteiger partial charge in [0.1, 0.15) is 18.1 Å². The second-order valence-electron chi connectivity index (χ2n) is 7.12. The molecule has 6 nitrogen and oxygen atoms in total. The summed E-state index contributed by atoms with van der Waals surface area (Å²) in [7, 11) is 0. The van der Waals surface area contributed by atoms with Gasteiger partial charge in [0.15, 0.2) is 11.6 Å². The number of nitrogens with zero attached hydrogens (tertiary/aromatic N) is 2. The molecule has 0 fully saturated rings. The van der Waals surface area contributed by atoms with E-state index in [1.54, 1.807) is 23.0 Å². The predicted octanol–water partition coefficient (Wildman–Crippen LogP) is 6.33. The molecule has 0 aliphatic rings. The molecule has 32 heavy (non-hydrogen) atoms. The number of hydrogen-bond donors (Lipinski definition) is 1. The fraction of sp³-hybridized carbons (Fsp3) is 0.167. The molecule has 0 radical (unpaired) electrons. The van der Waals surface area contributed by atoms with E-state index in [0.717, 1.165) is 17.7 Å². The monoisotopic (exact) mass is 513 g/mol. The van der Waals surface area contributed by atoms with Crippen LogP contribution in [0.1, 0.15) is 34.4 Å². The van der Waals surface area contributed by atoms with Gasteiger partial charge >= 0.3 is 0 Å². The third-order valence-corrected chi connectivity index (χ3v) is 5.79. The molecule has 4 rings (SSSR count). The molecule has 0 saturated carbocycles. The number of ether oxygens (including phenoxy) is 1. The van der Waals surface area contributed by atoms with Crippen molar-refractivity contribution in [3.8, 4) is 5.75 Å². The Morgan fingerprint density at radius 3 is 2.69 bits per heavy atom. The number of nitrogens with one attached hydrogen (secondary N) is 1. The van der Waals surface area contributed by atoms with Gasteiger partial charge in [-0.3, -0.25) is 9.48 Å². The van der Waals surface area contributed by atoms with Gasteiger partial charge in [-0.15, -0.1) is 0 Å². The number of aromatic nitrogens is 2. The van der Waals surface area contributed by atoms with Crippen molar-refractivity contribution in [1.82, 2.24) is 9.78 Å². The van der Waals surface area contributed by atoms with Gasteiger partial charge in [-0.05, 0) is 63.8 Å².